The van der Waals surface area contributed by atoms with Crippen molar-refractivity contribution in [3.05, 3.63) is 47.7 Å². The number of nitrogens with one attached hydrogen (secondary N) is 1. The normalized spacial score (nSPS) is 23.0. The van der Waals surface area contributed by atoms with Crippen LogP contribution < -0.4 is 15.0 Å². The molecule has 0 spiro atoms. The monoisotopic (exact) mass is 659 g/mol. The van der Waals surface area contributed by atoms with Gasteiger partial charge in [0.2, 0.25) is 0 Å². The van der Waals surface area contributed by atoms with Gasteiger partial charge in [-0.2, -0.15) is 15.1 Å². The van der Waals surface area contributed by atoms with Crippen molar-refractivity contribution in [1.29, 1.82) is 0 Å². The first-order valence-corrected chi connectivity index (χ1v) is 15.8. The van der Waals surface area contributed by atoms with E-state index in [0.717, 1.165) is 12.8 Å². The Balaban J connectivity index is 1.41. The molecule has 3 aliphatic rings. The highest BCUT2D eigenvalue weighted by Gasteiger charge is 2.71. The molecular formula is C35H33F4N7O2. The van der Waals surface area contributed by atoms with E-state index in [0.29, 0.717) is 35.1 Å². The number of ether oxygens (including phenoxy) is 1. The van der Waals surface area contributed by atoms with Crippen LogP contribution in [0, 0.1) is 29.4 Å². The van der Waals surface area contributed by atoms with Crippen molar-refractivity contribution in [2.45, 2.75) is 37.3 Å². The summed E-state index contributed by atoms with van der Waals surface area (Å²) in [4.78, 5) is 13.2. The highest BCUT2D eigenvalue weighted by atomic mass is 19.3. The number of benzene rings is 3. The molecule has 2 unspecified atom stereocenters. The number of halogens is 4. The van der Waals surface area contributed by atoms with Gasteiger partial charge in [-0.1, -0.05) is 12.0 Å². The van der Waals surface area contributed by atoms with E-state index in [1.165, 1.54) is 24.3 Å². The topological polar surface area (TPSA) is 91.6 Å². The third-order valence-corrected chi connectivity index (χ3v) is 10.0. The third kappa shape index (κ3) is 4.57. The first-order chi connectivity index (χ1) is 22.9. The van der Waals surface area contributed by atoms with E-state index >= 15 is 8.78 Å². The van der Waals surface area contributed by atoms with Crippen molar-refractivity contribution in [3.8, 4) is 35.2 Å². The largest absolute Gasteiger partial charge is 0.508 e. The molecule has 0 amide bonds. The summed E-state index contributed by atoms with van der Waals surface area (Å²) in [6.07, 6.45) is 8.94. The van der Waals surface area contributed by atoms with Crippen LogP contribution in [-0.4, -0.2) is 88.1 Å². The number of hydrogen-bond donors (Lipinski definition) is 2. The van der Waals surface area contributed by atoms with E-state index in [2.05, 4.69) is 26.2 Å². The summed E-state index contributed by atoms with van der Waals surface area (Å²) in [6.45, 7) is 1.13. The van der Waals surface area contributed by atoms with E-state index in [1.54, 1.807) is 36.9 Å². The average molecular weight is 660 g/mol. The molecule has 1 aliphatic carbocycles. The van der Waals surface area contributed by atoms with Crippen molar-refractivity contribution in [2.75, 3.05) is 45.2 Å². The van der Waals surface area contributed by atoms with Crippen LogP contribution >= 0.6 is 0 Å². The quantitative estimate of drug-likeness (QED) is 0.182. The lowest BCUT2D eigenvalue weighted by molar-refractivity contribution is 0.0288. The molecule has 2 N–H and O–H groups in total. The molecule has 8 rings (SSSR count). The smallest absolute Gasteiger partial charge is 0.319 e. The van der Waals surface area contributed by atoms with Gasteiger partial charge in [0.05, 0.1) is 16.4 Å². The van der Waals surface area contributed by atoms with Crippen molar-refractivity contribution in [2.24, 2.45) is 12.5 Å². The van der Waals surface area contributed by atoms with Gasteiger partial charge in [0.25, 0.3) is 5.92 Å². The van der Waals surface area contributed by atoms with E-state index < -0.39 is 23.0 Å². The van der Waals surface area contributed by atoms with Gasteiger partial charge in [-0.3, -0.25) is 4.68 Å². The number of piperazine rings is 1. The Hall–Kier alpha value is -4.67. The lowest BCUT2D eigenvalue weighted by Gasteiger charge is -2.37. The second-order valence-corrected chi connectivity index (χ2v) is 13.6. The highest BCUT2D eigenvalue weighted by molar-refractivity contribution is 6.18. The van der Waals surface area contributed by atoms with Gasteiger partial charge in [0.15, 0.2) is 5.82 Å². The van der Waals surface area contributed by atoms with Gasteiger partial charge < -0.3 is 25.0 Å². The lowest BCUT2D eigenvalue weighted by Crippen LogP contribution is -2.52. The number of phenolic OH excluding ortho intramolecular Hbond substituents is 1. The summed E-state index contributed by atoms with van der Waals surface area (Å²) in [5.41, 5.74) is -1.29. The number of phenols is 1. The van der Waals surface area contributed by atoms with Crippen molar-refractivity contribution in [1.82, 2.24) is 30.0 Å². The van der Waals surface area contributed by atoms with Crippen LogP contribution in [0.5, 0.6) is 11.8 Å². The Kier molecular flexibility index (Phi) is 6.81. The van der Waals surface area contributed by atoms with Crippen LogP contribution in [0.1, 0.15) is 24.8 Å². The first-order valence-electron chi connectivity index (χ1n) is 15.8. The number of aromatic hydroxyl groups is 1. The number of rotatable bonds is 7. The zero-order valence-electron chi connectivity index (χ0n) is 26.6. The molecule has 248 valence electrons. The van der Waals surface area contributed by atoms with Gasteiger partial charge >= 0.3 is 6.01 Å². The number of hydrogen-bond acceptors (Lipinski definition) is 8. The molecule has 3 atom stereocenters. The summed E-state index contributed by atoms with van der Waals surface area (Å²) in [5.74, 6) is -1.77. The molecule has 2 aliphatic heterocycles. The fourth-order valence-electron chi connectivity index (χ4n) is 7.86. The number of aryl methyl sites for hydroxylation is 1. The summed E-state index contributed by atoms with van der Waals surface area (Å²) < 4.78 is 69.4. The molecule has 1 saturated carbocycles. The molecule has 2 saturated heterocycles. The molecule has 2 aromatic heterocycles. The van der Waals surface area contributed by atoms with Gasteiger partial charge in [-0.25, -0.2) is 17.6 Å². The summed E-state index contributed by atoms with van der Waals surface area (Å²) >= 11 is 0. The molecule has 0 radical (unpaired) electrons. The Morgan fingerprint density at radius 1 is 1.10 bits per heavy atom. The second kappa shape index (κ2) is 10.7. The molecule has 3 aromatic carbocycles. The maximum atomic E-state index is 17.4. The Morgan fingerprint density at radius 3 is 2.50 bits per heavy atom. The number of alkyl halides is 2. The van der Waals surface area contributed by atoms with Crippen molar-refractivity contribution < 1.29 is 27.4 Å². The van der Waals surface area contributed by atoms with E-state index in [-0.39, 0.29) is 76.5 Å². The first kappa shape index (κ1) is 30.7. The Bertz CT molecular complexity index is 2180. The minimum Gasteiger partial charge on any atom is -0.508 e. The van der Waals surface area contributed by atoms with Gasteiger partial charge in [-0.15, -0.1) is 6.42 Å². The number of terminal acetylenes is 1. The number of nitrogens with zero attached hydrogens (tertiary/aromatic N) is 6. The van der Waals surface area contributed by atoms with Crippen LogP contribution in [0.25, 0.3) is 43.7 Å². The maximum absolute atomic E-state index is 17.4. The maximum Gasteiger partial charge on any atom is 0.319 e. The highest BCUT2D eigenvalue weighted by Crippen LogP contribution is 2.60. The zero-order valence-corrected chi connectivity index (χ0v) is 26.6. The van der Waals surface area contributed by atoms with Gasteiger partial charge in [-0.05, 0) is 56.1 Å². The summed E-state index contributed by atoms with van der Waals surface area (Å²) in [7, 11) is 5.15. The molecule has 13 heteroatoms. The number of anilines is 1. The zero-order chi connectivity index (χ0) is 33.7. The molecule has 2 bridgehead atoms. The fourth-order valence-corrected chi connectivity index (χ4v) is 7.86. The Labute approximate surface area is 273 Å². The molecule has 5 aromatic rings. The van der Waals surface area contributed by atoms with Gasteiger partial charge in [0.1, 0.15) is 35.0 Å². The van der Waals surface area contributed by atoms with Crippen LogP contribution in [0.4, 0.5) is 23.4 Å². The molecule has 48 heavy (non-hydrogen) atoms. The summed E-state index contributed by atoms with van der Waals surface area (Å²) in [5, 5.41) is 20.4. The standard InChI is InChI=1S/C35H33F4N7O2/c1-5-22-25(36)9-6-18-10-21(47)11-23(26(18)22)27-29(37)31-28(24-14-45(4)43-30(24)27)32(46-19-7-8-20(46)13-40-12-19)42-33(41-31)48-17-34(16-44(2)3)15-35(34,38)39/h1,6,9-11,14,19-20,40,47H,7-8,12-13,15-17H2,2-4H3/t19?,20?,34-/m1/s1. The van der Waals surface area contributed by atoms with Crippen LogP contribution in [-0.2, 0) is 7.05 Å². The van der Waals surface area contributed by atoms with E-state index in [1.807, 2.05) is 0 Å². The number of fused-ring (bicyclic) bond motifs is 6. The predicted octanol–water partition coefficient (Wildman–Crippen LogP) is 5.21. The second-order valence-electron chi connectivity index (χ2n) is 13.6. The third-order valence-electron chi connectivity index (χ3n) is 10.0. The summed E-state index contributed by atoms with van der Waals surface area (Å²) in [6, 6.07) is 5.33. The minimum atomic E-state index is -2.92. The van der Waals surface area contributed by atoms with Crippen LogP contribution in [0.2, 0.25) is 0 Å². The Morgan fingerprint density at radius 2 is 1.83 bits per heavy atom. The average Bonchev–Trinajstić information content (AvgIpc) is 3.23. The molecular weight excluding hydrogens is 626 g/mol. The molecule has 9 nitrogen and oxygen atoms in total. The SMILES string of the molecule is C#Cc1c(F)ccc2cc(O)cc(-c3c(F)c4nc(OC[C@]5(CN(C)C)CC5(F)F)nc(N5C6CCC5CNC6)c4c4cn(C)nc34)c12. The lowest BCUT2D eigenvalue weighted by atomic mass is 9.91. The van der Waals surface area contributed by atoms with Crippen molar-refractivity contribution >= 4 is 38.4 Å². The predicted molar refractivity (Wildman–Crippen MR) is 174 cm³/mol. The van der Waals surface area contributed by atoms with Gasteiger partial charge in [0, 0.05) is 67.7 Å². The van der Waals surface area contributed by atoms with Crippen LogP contribution in [0.3, 0.4) is 0 Å². The molecule has 3 fully saturated rings. The van der Waals surface area contributed by atoms with E-state index in [4.69, 9.17) is 16.1 Å². The van der Waals surface area contributed by atoms with E-state index in [9.17, 15) is 13.9 Å². The number of aromatic nitrogens is 4. The minimum absolute atomic E-state index is 0.0437. The van der Waals surface area contributed by atoms with Crippen LogP contribution in [0.15, 0.2) is 30.5 Å². The fraction of sp³-hybridized carbons (Fsp3) is 0.400. The molecule has 4 heterocycles. The van der Waals surface area contributed by atoms with Crippen molar-refractivity contribution in [3.63, 3.8) is 0 Å².